The molecule has 0 aliphatic heterocycles. The van der Waals surface area contributed by atoms with Gasteiger partial charge in [0.1, 0.15) is 17.2 Å². The van der Waals surface area contributed by atoms with Gasteiger partial charge in [-0.3, -0.25) is 4.79 Å². The molecule has 1 aromatic heterocycles. The standard InChI is InChI=1S/C30H22BrN3O4/c1-37-23-13-14-25-24(17-23)27(19-8-4-2-5-9-19)28(33-25)29(35)34-32-18-21-16-22(31)12-15-26(21)38-30(36)20-10-6-3-7-11-20/h2-18,33H,1H3,(H,34,35). The first-order valence-corrected chi connectivity index (χ1v) is 12.5. The Morgan fingerprint density at radius 3 is 2.39 bits per heavy atom. The predicted octanol–water partition coefficient (Wildman–Crippen LogP) is 6.59. The summed E-state index contributed by atoms with van der Waals surface area (Å²) in [6, 6.07) is 29.1. The van der Waals surface area contributed by atoms with Crippen LogP contribution in [0.5, 0.6) is 11.5 Å². The maximum absolute atomic E-state index is 13.3. The average Bonchev–Trinajstić information content (AvgIpc) is 3.34. The number of aromatic amines is 1. The molecule has 7 nitrogen and oxygen atoms in total. The molecular formula is C30H22BrN3O4. The monoisotopic (exact) mass is 567 g/mol. The Balaban J connectivity index is 1.42. The highest BCUT2D eigenvalue weighted by molar-refractivity contribution is 9.10. The minimum atomic E-state index is -0.493. The van der Waals surface area contributed by atoms with E-state index in [-0.39, 0.29) is 0 Å². The molecule has 0 bridgehead atoms. The second-order valence-electron chi connectivity index (χ2n) is 8.29. The Labute approximate surface area is 227 Å². The number of esters is 1. The van der Waals surface area contributed by atoms with Crippen LogP contribution in [-0.2, 0) is 0 Å². The fourth-order valence-corrected chi connectivity index (χ4v) is 4.41. The van der Waals surface area contributed by atoms with E-state index in [1.165, 1.54) is 6.21 Å². The third-order valence-electron chi connectivity index (χ3n) is 5.85. The summed E-state index contributed by atoms with van der Waals surface area (Å²) in [4.78, 5) is 29.1. The summed E-state index contributed by atoms with van der Waals surface area (Å²) in [5.41, 5.74) is 6.30. The van der Waals surface area contributed by atoms with Crippen molar-refractivity contribution in [1.29, 1.82) is 0 Å². The van der Waals surface area contributed by atoms with Gasteiger partial charge in [-0.15, -0.1) is 0 Å². The van der Waals surface area contributed by atoms with Gasteiger partial charge in [0.25, 0.3) is 5.91 Å². The fourth-order valence-electron chi connectivity index (χ4n) is 4.04. The van der Waals surface area contributed by atoms with Crippen molar-refractivity contribution in [3.8, 4) is 22.6 Å². The number of aromatic nitrogens is 1. The molecule has 4 aromatic carbocycles. The molecule has 0 saturated carbocycles. The molecule has 0 radical (unpaired) electrons. The molecule has 0 fully saturated rings. The van der Waals surface area contributed by atoms with E-state index in [4.69, 9.17) is 9.47 Å². The normalized spacial score (nSPS) is 11.0. The summed E-state index contributed by atoms with van der Waals surface area (Å²) in [7, 11) is 1.60. The number of carbonyl (C=O) groups excluding carboxylic acids is 2. The minimum absolute atomic E-state index is 0.308. The number of ether oxygens (including phenoxy) is 2. The lowest BCUT2D eigenvalue weighted by Crippen LogP contribution is -2.19. The van der Waals surface area contributed by atoms with Crippen molar-refractivity contribution in [2.45, 2.75) is 0 Å². The molecule has 1 amide bonds. The molecule has 0 aliphatic carbocycles. The molecule has 1 heterocycles. The Morgan fingerprint density at radius 1 is 0.921 bits per heavy atom. The molecular weight excluding hydrogens is 546 g/mol. The largest absolute Gasteiger partial charge is 0.497 e. The van der Waals surface area contributed by atoms with E-state index in [1.54, 1.807) is 49.6 Å². The zero-order valence-electron chi connectivity index (χ0n) is 20.3. The number of rotatable bonds is 7. The summed E-state index contributed by atoms with van der Waals surface area (Å²) in [6.07, 6.45) is 1.43. The quantitative estimate of drug-likeness (QED) is 0.100. The van der Waals surface area contributed by atoms with Crippen LogP contribution in [0.2, 0.25) is 0 Å². The number of amides is 1. The van der Waals surface area contributed by atoms with Crippen molar-refractivity contribution in [3.63, 3.8) is 0 Å². The molecule has 0 aliphatic rings. The zero-order valence-corrected chi connectivity index (χ0v) is 21.9. The van der Waals surface area contributed by atoms with Crippen molar-refractivity contribution >= 4 is 44.9 Å². The van der Waals surface area contributed by atoms with E-state index in [1.807, 2.05) is 54.6 Å². The summed E-state index contributed by atoms with van der Waals surface area (Å²) in [5, 5.41) is 5.01. The van der Waals surface area contributed by atoms with E-state index < -0.39 is 11.9 Å². The number of hydrazone groups is 1. The molecule has 0 saturated heterocycles. The predicted molar refractivity (Wildman–Crippen MR) is 151 cm³/mol. The van der Waals surface area contributed by atoms with Crippen LogP contribution in [0.3, 0.4) is 0 Å². The Morgan fingerprint density at radius 2 is 1.66 bits per heavy atom. The Hall–Kier alpha value is -4.69. The van der Waals surface area contributed by atoms with Gasteiger partial charge in [0.15, 0.2) is 0 Å². The molecule has 5 rings (SSSR count). The van der Waals surface area contributed by atoms with E-state index in [9.17, 15) is 9.59 Å². The van der Waals surface area contributed by atoms with Gasteiger partial charge in [-0.25, -0.2) is 10.2 Å². The highest BCUT2D eigenvalue weighted by Crippen LogP contribution is 2.34. The molecule has 38 heavy (non-hydrogen) atoms. The van der Waals surface area contributed by atoms with E-state index in [2.05, 4.69) is 31.4 Å². The first-order valence-electron chi connectivity index (χ1n) is 11.7. The second kappa shape index (κ2) is 11.1. The molecule has 2 N–H and O–H groups in total. The smallest absolute Gasteiger partial charge is 0.343 e. The van der Waals surface area contributed by atoms with Crippen LogP contribution in [0.25, 0.3) is 22.0 Å². The van der Waals surface area contributed by atoms with Crippen molar-refractivity contribution < 1.29 is 19.1 Å². The summed E-state index contributed by atoms with van der Waals surface area (Å²) < 4.78 is 11.7. The number of methoxy groups -OCH3 is 1. The van der Waals surface area contributed by atoms with Crippen molar-refractivity contribution in [2.75, 3.05) is 7.11 Å². The number of H-pyrrole nitrogens is 1. The van der Waals surface area contributed by atoms with Gasteiger partial charge in [0.2, 0.25) is 0 Å². The van der Waals surface area contributed by atoms with Gasteiger partial charge in [-0.05, 0) is 54.1 Å². The maximum atomic E-state index is 13.3. The van der Waals surface area contributed by atoms with Crippen molar-refractivity contribution in [1.82, 2.24) is 10.4 Å². The van der Waals surface area contributed by atoms with E-state index in [0.29, 0.717) is 28.3 Å². The van der Waals surface area contributed by atoms with Gasteiger partial charge in [0, 0.05) is 26.5 Å². The lowest BCUT2D eigenvalue weighted by atomic mass is 10.0. The minimum Gasteiger partial charge on any atom is -0.497 e. The van der Waals surface area contributed by atoms with Gasteiger partial charge in [0.05, 0.1) is 18.9 Å². The third-order valence-corrected chi connectivity index (χ3v) is 6.34. The van der Waals surface area contributed by atoms with E-state index in [0.717, 1.165) is 26.5 Å². The van der Waals surface area contributed by atoms with Crippen LogP contribution in [0, 0.1) is 0 Å². The zero-order chi connectivity index (χ0) is 26.5. The molecule has 0 spiro atoms. The maximum Gasteiger partial charge on any atom is 0.343 e. The topological polar surface area (TPSA) is 92.8 Å². The van der Waals surface area contributed by atoms with Crippen LogP contribution < -0.4 is 14.9 Å². The summed E-state index contributed by atoms with van der Waals surface area (Å²) in [6.45, 7) is 0. The first kappa shape index (κ1) is 25.0. The van der Waals surface area contributed by atoms with Crippen molar-refractivity contribution in [3.05, 3.63) is 118 Å². The van der Waals surface area contributed by atoms with Crippen molar-refractivity contribution in [2.24, 2.45) is 5.10 Å². The van der Waals surface area contributed by atoms with E-state index >= 15 is 0 Å². The van der Waals surface area contributed by atoms with Gasteiger partial charge in [-0.1, -0.05) is 64.5 Å². The Bertz CT molecular complexity index is 1650. The van der Waals surface area contributed by atoms with Gasteiger partial charge < -0.3 is 14.5 Å². The van der Waals surface area contributed by atoms with Gasteiger partial charge in [-0.2, -0.15) is 5.10 Å². The first-order chi connectivity index (χ1) is 18.5. The number of nitrogens with zero attached hydrogens (tertiary/aromatic N) is 1. The number of carbonyl (C=O) groups is 2. The number of hydrogen-bond donors (Lipinski definition) is 2. The number of halogens is 1. The lowest BCUT2D eigenvalue weighted by Gasteiger charge is -2.08. The molecule has 0 unspecified atom stereocenters. The lowest BCUT2D eigenvalue weighted by molar-refractivity contribution is 0.0734. The second-order valence-corrected chi connectivity index (χ2v) is 9.21. The van der Waals surface area contributed by atoms with Crippen LogP contribution >= 0.6 is 15.9 Å². The third kappa shape index (κ3) is 5.35. The number of benzene rings is 4. The summed E-state index contributed by atoms with van der Waals surface area (Å²) >= 11 is 3.43. The van der Waals surface area contributed by atoms with Gasteiger partial charge >= 0.3 is 5.97 Å². The Kier molecular flexibility index (Phi) is 7.33. The van der Waals surface area contributed by atoms with Crippen LogP contribution in [0.4, 0.5) is 0 Å². The van der Waals surface area contributed by atoms with Crippen LogP contribution in [0.15, 0.2) is 107 Å². The molecule has 0 atom stereocenters. The SMILES string of the molecule is COc1ccc2[nH]c(C(=O)NN=Cc3cc(Br)ccc3OC(=O)c3ccccc3)c(-c3ccccc3)c2c1. The molecule has 8 heteroatoms. The molecule has 5 aromatic rings. The fraction of sp³-hybridized carbons (Fsp3) is 0.0333. The molecule has 188 valence electrons. The number of hydrogen-bond acceptors (Lipinski definition) is 5. The number of fused-ring (bicyclic) bond motifs is 1. The van der Waals surface area contributed by atoms with Crippen LogP contribution in [-0.4, -0.2) is 30.2 Å². The number of nitrogens with one attached hydrogen (secondary N) is 2. The van der Waals surface area contributed by atoms with Crippen LogP contribution in [0.1, 0.15) is 26.4 Å². The highest BCUT2D eigenvalue weighted by Gasteiger charge is 2.20. The highest BCUT2D eigenvalue weighted by atomic mass is 79.9. The average molecular weight is 568 g/mol. The summed E-state index contributed by atoms with van der Waals surface area (Å²) in [5.74, 6) is 0.0781.